The molecule has 232 valence electrons. The molecule has 0 unspecified atom stereocenters. The van der Waals surface area contributed by atoms with E-state index in [-0.39, 0.29) is 0 Å². The Labute approximate surface area is 285 Å². The quantitative estimate of drug-likeness (QED) is 0.175. The van der Waals surface area contributed by atoms with Crippen molar-refractivity contribution in [3.8, 4) is 11.1 Å². The van der Waals surface area contributed by atoms with E-state index in [2.05, 4.69) is 204 Å². The highest BCUT2D eigenvalue weighted by atomic mass is 16.3. The molecule has 0 fully saturated rings. The average Bonchev–Trinajstić information content (AvgIpc) is 3.56. The summed E-state index contributed by atoms with van der Waals surface area (Å²) in [5.41, 5.74) is 10.7. The Bertz CT molecular complexity index is 2480. The van der Waals surface area contributed by atoms with Crippen LogP contribution in [0.2, 0.25) is 0 Å². The van der Waals surface area contributed by atoms with E-state index in [0.717, 1.165) is 72.6 Å². The van der Waals surface area contributed by atoms with Crippen LogP contribution >= 0.6 is 0 Å². The molecule has 0 aliphatic heterocycles. The Morgan fingerprint density at radius 3 is 1.29 bits per heavy atom. The molecule has 0 aliphatic rings. The molecule has 49 heavy (non-hydrogen) atoms. The number of fused-ring (bicyclic) bond motifs is 5. The molecule has 8 aromatic carbocycles. The zero-order valence-electron chi connectivity index (χ0n) is 26.8. The Hall–Kier alpha value is -6.58. The van der Waals surface area contributed by atoms with Crippen LogP contribution in [0.1, 0.15) is 0 Å². The van der Waals surface area contributed by atoms with Crippen molar-refractivity contribution in [2.45, 2.75) is 0 Å². The van der Waals surface area contributed by atoms with E-state index in [1.807, 2.05) is 0 Å². The molecule has 0 spiro atoms. The molecule has 0 saturated heterocycles. The van der Waals surface area contributed by atoms with Crippen molar-refractivity contribution in [1.82, 2.24) is 0 Å². The second-order valence-electron chi connectivity index (χ2n) is 12.2. The fourth-order valence-electron chi connectivity index (χ4n) is 6.86. The van der Waals surface area contributed by atoms with E-state index in [1.54, 1.807) is 0 Å². The van der Waals surface area contributed by atoms with Crippen molar-refractivity contribution in [3.05, 3.63) is 194 Å². The second-order valence-corrected chi connectivity index (χ2v) is 12.2. The molecule has 1 heterocycles. The monoisotopic (exact) mass is 628 g/mol. The van der Waals surface area contributed by atoms with Crippen LogP contribution in [0.15, 0.2) is 199 Å². The molecule has 0 bridgehead atoms. The molecule has 9 rings (SSSR count). The standard InChI is InChI=1S/C46H32N2O/c1-4-13-36(14-5-1)47(37-15-6-2-7-16-37)40-26-28-41(29-27-40)48(38-17-8-3-9-18-38)39-24-20-33(21-25-39)35-23-30-43-44-31-22-34-12-10-11-19-42(34)46(44)49-45(43)32-35/h1-32H. The lowest BCUT2D eigenvalue weighted by Gasteiger charge is -2.28. The summed E-state index contributed by atoms with van der Waals surface area (Å²) in [4.78, 5) is 4.59. The van der Waals surface area contributed by atoms with Crippen molar-refractivity contribution in [1.29, 1.82) is 0 Å². The van der Waals surface area contributed by atoms with Gasteiger partial charge in [-0.05, 0) is 108 Å². The van der Waals surface area contributed by atoms with Gasteiger partial charge in [0.25, 0.3) is 0 Å². The first-order valence-corrected chi connectivity index (χ1v) is 16.6. The Morgan fingerprint density at radius 2 is 0.735 bits per heavy atom. The molecule has 3 heteroatoms. The van der Waals surface area contributed by atoms with Crippen LogP contribution in [0.5, 0.6) is 0 Å². The smallest absolute Gasteiger partial charge is 0.143 e. The summed E-state index contributed by atoms with van der Waals surface area (Å²) in [5, 5.41) is 4.62. The normalized spacial score (nSPS) is 11.3. The zero-order valence-corrected chi connectivity index (χ0v) is 26.8. The van der Waals surface area contributed by atoms with Gasteiger partial charge in [-0.3, -0.25) is 0 Å². The Morgan fingerprint density at radius 1 is 0.306 bits per heavy atom. The largest absolute Gasteiger partial charge is 0.455 e. The van der Waals surface area contributed by atoms with Crippen molar-refractivity contribution in [3.63, 3.8) is 0 Å². The third-order valence-corrected chi connectivity index (χ3v) is 9.23. The minimum Gasteiger partial charge on any atom is -0.455 e. The van der Waals surface area contributed by atoms with Crippen LogP contribution < -0.4 is 9.80 Å². The third-order valence-electron chi connectivity index (χ3n) is 9.23. The van der Waals surface area contributed by atoms with Gasteiger partial charge in [-0.25, -0.2) is 0 Å². The summed E-state index contributed by atoms with van der Waals surface area (Å²) in [6.07, 6.45) is 0. The Balaban J connectivity index is 1.07. The summed E-state index contributed by atoms with van der Waals surface area (Å²) < 4.78 is 6.48. The van der Waals surface area contributed by atoms with Crippen LogP contribution in [0, 0.1) is 0 Å². The lowest BCUT2D eigenvalue weighted by Crippen LogP contribution is -2.12. The van der Waals surface area contributed by atoms with E-state index in [1.165, 1.54) is 5.39 Å². The molecule has 3 nitrogen and oxygen atoms in total. The maximum absolute atomic E-state index is 6.48. The predicted molar refractivity (Wildman–Crippen MR) is 206 cm³/mol. The number of furan rings is 1. The Kier molecular flexibility index (Phi) is 7.14. The number of hydrogen-bond donors (Lipinski definition) is 0. The van der Waals surface area contributed by atoms with Crippen molar-refractivity contribution in [2.24, 2.45) is 0 Å². The summed E-state index contributed by atoms with van der Waals surface area (Å²) >= 11 is 0. The van der Waals surface area contributed by atoms with Gasteiger partial charge in [0.05, 0.1) is 0 Å². The lowest BCUT2D eigenvalue weighted by atomic mass is 10.0. The van der Waals surface area contributed by atoms with E-state index < -0.39 is 0 Å². The SMILES string of the molecule is c1ccc(N(c2ccccc2)c2ccc(N(c3ccccc3)c3ccc(-c4ccc5c(c4)oc4c6ccccc6ccc54)cc3)cc2)cc1. The summed E-state index contributed by atoms with van der Waals surface area (Å²) in [5.74, 6) is 0. The van der Waals surface area contributed by atoms with Gasteiger partial charge in [-0.15, -0.1) is 0 Å². The van der Waals surface area contributed by atoms with E-state index in [9.17, 15) is 0 Å². The molecule has 9 aromatic rings. The van der Waals surface area contributed by atoms with Gasteiger partial charge < -0.3 is 14.2 Å². The summed E-state index contributed by atoms with van der Waals surface area (Å²) in [6, 6.07) is 68.4. The summed E-state index contributed by atoms with van der Waals surface area (Å²) in [6.45, 7) is 0. The number of anilines is 6. The van der Waals surface area contributed by atoms with Crippen LogP contribution in [0.25, 0.3) is 43.8 Å². The van der Waals surface area contributed by atoms with E-state index in [0.29, 0.717) is 0 Å². The van der Waals surface area contributed by atoms with E-state index in [4.69, 9.17) is 4.42 Å². The molecular formula is C46H32N2O. The second kappa shape index (κ2) is 12.2. The fourth-order valence-corrected chi connectivity index (χ4v) is 6.86. The van der Waals surface area contributed by atoms with Crippen molar-refractivity contribution < 1.29 is 4.42 Å². The summed E-state index contributed by atoms with van der Waals surface area (Å²) in [7, 11) is 0. The molecular weight excluding hydrogens is 597 g/mol. The van der Waals surface area contributed by atoms with Crippen LogP contribution in [0.3, 0.4) is 0 Å². The molecule has 0 aliphatic carbocycles. The topological polar surface area (TPSA) is 19.6 Å². The first-order valence-electron chi connectivity index (χ1n) is 16.6. The number of rotatable bonds is 7. The minimum absolute atomic E-state index is 0.902. The molecule has 0 amide bonds. The zero-order chi connectivity index (χ0) is 32.6. The highest BCUT2D eigenvalue weighted by Gasteiger charge is 2.16. The van der Waals surface area contributed by atoms with Gasteiger partial charge >= 0.3 is 0 Å². The highest BCUT2D eigenvalue weighted by molar-refractivity contribution is 6.15. The average molecular weight is 629 g/mol. The van der Waals surface area contributed by atoms with E-state index >= 15 is 0 Å². The van der Waals surface area contributed by atoms with Crippen LogP contribution in [-0.4, -0.2) is 0 Å². The van der Waals surface area contributed by atoms with Gasteiger partial charge in [0.1, 0.15) is 11.2 Å². The van der Waals surface area contributed by atoms with Gasteiger partial charge in [0.15, 0.2) is 0 Å². The molecule has 0 N–H and O–H groups in total. The lowest BCUT2D eigenvalue weighted by molar-refractivity contribution is 0.673. The van der Waals surface area contributed by atoms with Gasteiger partial charge in [-0.2, -0.15) is 0 Å². The van der Waals surface area contributed by atoms with Gasteiger partial charge in [-0.1, -0.05) is 103 Å². The first-order chi connectivity index (χ1) is 24.3. The van der Waals surface area contributed by atoms with Crippen LogP contribution in [0.4, 0.5) is 34.1 Å². The molecule has 0 atom stereocenters. The molecule has 0 saturated carbocycles. The number of hydrogen-bond acceptors (Lipinski definition) is 3. The maximum Gasteiger partial charge on any atom is 0.143 e. The highest BCUT2D eigenvalue weighted by Crippen LogP contribution is 2.40. The fraction of sp³-hybridized carbons (Fsp3) is 0. The maximum atomic E-state index is 6.48. The molecule has 1 aromatic heterocycles. The number of para-hydroxylation sites is 3. The van der Waals surface area contributed by atoms with Crippen LogP contribution in [-0.2, 0) is 0 Å². The molecule has 0 radical (unpaired) electrons. The minimum atomic E-state index is 0.902. The number of benzene rings is 8. The number of nitrogens with zero attached hydrogens (tertiary/aromatic N) is 2. The van der Waals surface area contributed by atoms with Gasteiger partial charge in [0.2, 0.25) is 0 Å². The first kappa shape index (κ1) is 28.6. The van der Waals surface area contributed by atoms with Crippen molar-refractivity contribution in [2.75, 3.05) is 9.80 Å². The van der Waals surface area contributed by atoms with Crippen molar-refractivity contribution >= 4 is 66.8 Å². The predicted octanol–water partition coefficient (Wildman–Crippen LogP) is 13.3. The van der Waals surface area contributed by atoms with Gasteiger partial charge in [0, 0.05) is 50.3 Å². The third kappa shape index (κ3) is 5.28.